The van der Waals surface area contributed by atoms with Crippen LogP contribution in [0.3, 0.4) is 0 Å². The van der Waals surface area contributed by atoms with Crippen molar-refractivity contribution in [3.8, 4) is 22.6 Å². The summed E-state index contributed by atoms with van der Waals surface area (Å²) in [6.07, 6.45) is 0.198. The lowest BCUT2D eigenvalue weighted by molar-refractivity contribution is -0.181. The Hall–Kier alpha value is -3.89. The van der Waals surface area contributed by atoms with E-state index in [0.717, 1.165) is 5.56 Å². The second kappa shape index (κ2) is 8.85. The molecule has 3 aliphatic carbocycles. The number of amides is 1. The van der Waals surface area contributed by atoms with Crippen molar-refractivity contribution < 1.29 is 38.9 Å². The summed E-state index contributed by atoms with van der Waals surface area (Å²) in [5.74, 6) is -9.96. The molecule has 1 amide bonds. The molecule has 0 bridgehead atoms. The molecule has 6 atom stereocenters. The maximum atomic E-state index is 13.9. The summed E-state index contributed by atoms with van der Waals surface area (Å²) in [6.45, 7) is 0. The van der Waals surface area contributed by atoms with Crippen LogP contribution in [0.1, 0.15) is 22.3 Å². The van der Waals surface area contributed by atoms with Crippen LogP contribution in [-0.2, 0) is 25.6 Å². The molecule has 3 aliphatic rings. The minimum absolute atomic E-state index is 0.00159. The number of ketones is 4. The number of hydrogen-bond donors (Lipinski definition) is 3. The molecule has 2 aromatic carbocycles. The number of carbonyl (C=O) groups is 5. The van der Waals surface area contributed by atoms with E-state index >= 15 is 0 Å². The number of aliphatic hydroxyl groups is 1. The van der Waals surface area contributed by atoms with Gasteiger partial charge < -0.3 is 20.7 Å². The average Bonchev–Trinajstić information content (AvgIpc) is 2.86. The summed E-state index contributed by atoms with van der Waals surface area (Å²) in [5, 5.41) is 22.3. The zero-order valence-electron chi connectivity index (χ0n) is 21.1. The van der Waals surface area contributed by atoms with Gasteiger partial charge in [-0.3, -0.25) is 28.9 Å². The summed E-state index contributed by atoms with van der Waals surface area (Å²) in [4.78, 5) is 67.7. The van der Waals surface area contributed by atoms with Crippen molar-refractivity contribution >= 4 is 29.0 Å². The lowest BCUT2D eigenvalue weighted by Gasteiger charge is -2.52. The van der Waals surface area contributed by atoms with Crippen molar-refractivity contribution in [1.29, 1.82) is 0 Å². The Bertz CT molecular complexity index is 1400. The number of fused-ring (bicyclic) bond motifs is 3. The molecule has 2 aromatic rings. The van der Waals surface area contributed by atoms with E-state index in [1.165, 1.54) is 11.0 Å². The summed E-state index contributed by atoms with van der Waals surface area (Å²) in [7, 11) is 4.65. The first-order chi connectivity index (χ1) is 17.9. The zero-order valence-corrected chi connectivity index (χ0v) is 21.1. The molecule has 2 saturated carbocycles. The fourth-order valence-corrected chi connectivity index (χ4v) is 6.65. The van der Waals surface area contributed by atoms with E-state index in [1.54, 1.807) is 39.4 Å². The molecule has 2 fully saturated rings. The van der Waals surface area contributed by atoms with E-state index < -0.39 is 64.4 Å². The van der Waals surface area contributed by atoms with Crippen molar-refractivity contribution in [3.05, 3.63) is 47.5 Å². The van der Waals surface area contributed by atoms with Crippen molar-refractivity contribution in [2.75, 3.05) is 21.2 Å². The summed E-state index contributed by atoms with van der Waals surface area (Å²) >= 11 is 0. The Morgan fingerprint density at radius 1 is 1.05 bits per heavy atom. The SMILES string of the molecule is COc1ccc(-c2ccc(O)c3c2C[C@H]2C[C@H]4[C@H](N(C)C)C(=O)C(C(N)=O)C(=O)[C@@]4(O)C(=O)C2C3=O)cc1. The number of carbonyl (C=O) groups excluding carboxylic acids is 5. The number of hydrogen-bond acceptors (Lipinski definition) is 9. The molecule has 10 nitrogen and oxygen atoms in total. The first-order valence-corrected chi connectivity index (χ1v) is 12.3. The molecule has 4 N–H and O–H groups in total. The van der Waals surface area contributed by atoms with Crippen molar-refractivity contribution in [2.45, 2.75) is 24.5 Å². The molecule has 0 aromatic heterocycles. The van der Waals surface area contributed by atoms with Gasteiger partial charge in [-0.05, 0) is 67.7 Å². The van der Waals surface area contributed by atoms with Gasteiger partial charge >= 0.3 is 0 Å². The van der Waals surface area contributed by atoms with E-state index in [4.69, 9.17) is 10.5 Å². The van der Waals surface area contributed by atoms with Crippen LogP contribution in [0.2, 0.25) is 0 Å². The summed E-state index contributed by atoms with van der Waals surface area (Å²) < 4.78 is 5.22. The first kappa shape index (κ1) is 25.7. The van der Waals surface area contributed by atoms with Gasteiger partial charge in [-0.2, -0.15) is 0 Å². The van der Waals surface area contributed by atoms with Gasteiger partial charge in [0.25, 0.3) is 0 Å². The van der Waals surface area contributed by atoms with Gasteiger partial charge in [-0.25, -0.2) is 0 Å². The fourth-order valence-electron chi connectivity index (χ4n) is 6.65. The highest BCUT2D eigenvalue weighted by molar-refractivity contribution is 6.32. The second-order valence-corrected chi connectivity index (χ2v) is 10.5. The van der Waals surface area contributed by atoms with E-state index in [9.17, 15) is 34.2 Å². The molecule has 0 aliphatic heterocycles. The van der Waals surface area contributed by atoms with Gasteiger partial charge in [-0.15, -0.1) is 0 Å². The molecule has 2 unspecified atom stereocenters. The average molecular weight is 521 g/mol. The van der Waals surface area contributed by atoms with E-state index in [1.807, 2.05) is 12.1 Å². The number of Topliss-reactive ketones (excluding diaryl/α,β-unsaturated/α-hetero) is 4. The van der Waals surface area contributed by atoms with Crippen molar-refractivity contribution in [1.82, 2.24) is 4.90 Å². The Balaban J connectivity index is 1.64. The van der Waals surface area contributed by atoms with Crippen LogP contribution >= 0.6 is 0 Å². The normalized spacial score (nSPS) is 30.5. The van der Waals surface area contributed by atoms with Crippen LogP contribution in [0.25, 0.3) is 11.1 Å². The summed E-state index contributed by atoms with van der Waals surface area (Å²) in [6, 6.07) is 9.09. The lowest BCUT2D eigenvalue weighted by Crippen LogP contribution is -2.74. The highest BCUT2D eigenvalue weighted by Crippen LogP contribution is 2.51. The quantitative estimate of drug-likeness (QED) is 0.488. The van der Waals surface area contributed by atoms with Gasteiger partial charge in [0, 0.05) is 5.92 Å². The predicted molar refractivity (Wildman–Crippen MR) is 133 cm³/mol. The number of likely N-dealkylation sites (N-methyl/N-ethyl adjacent to an activating group) is 1. The van der Waals surface area contributed by atoms with E-state index in [2.05, 4.69) is 0 Å². The van der Waals surface area contributed by atoms with Crippen LogP contribution in [0.15, 0.2) is 36.4 Å². The van der Waals surface area contributed by atoms with Gasteiger partial charge in [-0.1, -0.05) is 18.2 Å². The van der Waals surface area contributed by atoms with Crippen LogP contribution in [0, 0.1) is 23.7 Å². The number of aromatic hydroxyl groups is 1. The number of ether oxygens (including phenoxy) is 1. The highest BCUT2D eigenvalue weighted by atomic mass is 16.5. The number of benzene rings is 2. The molecular weight excluding hydrogens is 492 g/mol. The Morgan fingerprint density at radius 3 is 2.29 bits per heavy atom. The largest absolute Gasteiger partial charge is 0.507 e. The fraction of sp³-hybridized carbons (Fsp3) is 0.393. The molecular formula is C28H28N2O8. The summed E-state index contributed by atoms with van der Waals surface area (Å²) in [5.41, 5.74) is 4.57. The number of rotatable bonds is 4. The predicted octanol–water partition coefficient (Wildman–Crippen LogP) is 0.543. The Morgan fingerprint density at radius 2 is 1.71 bits per heavy atom. The number of primary amides is 1. The number of methoxy groups -OCH3 is 1. The topological polar surface area (TPSA) is 164 Å². The number of phenolic OH excluding ortho intramolecular Hbond substituents is 1. The van der Waals surface area contributed by atoms with Gasteiger partial charge in [0.2, 0.25) is 5.91 Å². The molecule has 0 spiro atoms. The van der Waals surface area contributed by atoms with Crippen LogP contribution in [0.5, 0.6) is 11.5 Å². The molecule has 38 heavy (non-hydrogen) atoms. The highest BCUT2D eigenvalue weighted by Gasteiger charge is 2.69. The van der Waals surface area contributed by atoms with Crippen LogP contribution < -0.4 is 10.5 Å². The number of nitrogens with two attached hydrogens (primary N) is 1. The van der Waals surface area contributed by atoms with E-state index in [-0.39, 0.29) is 24.2 Å². The number of phenols is 1. The van der Waals surface area contributed by atoms with Gasteiger partial charge in [0.1, 0.15) is 11.5 Å². The third kappa shape index (κ3) is 3.44. The maximum absolute atomic E-state index is 13.9. The van der Waals surface area contributed by atoms with Gasteiger partial charge in [0.05, 0.1) is 24.6 Å². The lowest BCUT2D eigenvalue weighted by atomic mass is 9.52. The standard InChI is InChI=1S/C28H28N2O8/c1-30(2)22-17-11-13-10-16-15(12-4-6-14(38-3)7-5-12)8-9-18(31)20(16)23(32)19(13)25(34)28(17,37)26(35)21(24(22)33)27(29)36/h4-9,13,17,19,21-22,31,37H,10-11H2,1-3H3,(H2,29,36)/t13-,17-,19?,21?,22-,28-/m0/s1. The monoisotopic (exact) mass is 520 g/mol. The second-order valence-electron chi connectivity index (χ2n) is 10.5. The first-order valence-electron chi connectivity index (χ1n) is 12.3. The maximum Gasteiger partial charge on any atom is 0.235 e. The molecule has 0 radical (unpaired) electrons. The molecule has 5 rings (SSSR count). The van der Waals surface area contributed by atoms with Crippen LogP contribution in [0.4, 0.5) is 0 Å². The molecule has 10 heteroatoms. The van der Waals surface area contributed by atoms with Crippen molar-refractivity contribution in [2.24, 2.45) is 29.4 Å². The van der Waals surface area contributed by atoms with Crippen molar-refractivity contribution in [3.63, 3.8) is 0 Å². The zero-order chi connectivity index (χ0) is 27.7. The smallest absolute Gasteiger partial charge is 0.235 e. The van der Waals surface area contributed by atoms with Crippen LogP contribution in [-0.4, -0.2) is 77.0 Å². The minimum atomic E-state index is -2.74. The van der Waals surface area contributed by atoms with E-state index in [0.29, 0.717) is 16.9 Å². The Labute approximate surface area is 218 Å². The minimum Gasteiger partial charge on any atom is -0.507 e. The molecule has 0 saturated heterocycles. The Kier molecular flexibility index (Phi) is 6.00. The van der Waals surface area contributed by atoms with Gasteiger partial charge in [0.15, 0.2) is 34.7 Å². The molecule has 198 valence electrons. The number of nitrogens with zero attached hydrogens (tertiary/aromatic N) is 1. The molecule has 0 heterocycles. The third-order valence-corrected chi connectivity index (χ3v) is 8.35. The third-order valence-electron chi connectivity index (χ3n) is 8.35.